The van der Waals surface area contributed by atoms with Crippen molar-refractivity contribution >= 4 is 11.9 Å². The van der Waals surface area contributed by atoms with Crippen molar-refractivity contribution < 1.29 is 41.7 Å². The fourth-order valence-electron chi connectivity index (χ4n) is 3.98. The summed E-state index contributed by atoms with van der Waals surface area (Å²) < 4.78 is 61.3. The third-order valence-electron chi connectivity index (χ3n) is 5.95. The lowest BCUT2D eigenvalue weighted by molar-refractivity contribution is -0.177. The topological polar surface area (TPSA) is 88.9 Å². The van der Waals surface area contributed by atoms with Crippen LogP contribution in [0.1, 0.15) is 36.8 Å². The van der Waals surface area contributed by atoms with Gasteiger partial charge < -0.3 is 18.9 Å². The van der Waals surface area contributed by atoms with Crippen LogP contribution in [0, 0.1) is 0 Å². The lowest BCUT2D eigenvalue weighted by Gasteiger charge is -2.34. The number of rotatable bonds is 11. The second-order valence-electron chi connectivity index (χ2n) is 8.97. The van der Waals surface area contributed by atoms with Crippen LogP contribution in [-0.4, -0.2) is 48.2 Å². The van der Waals surface area contributed by atoms with E-state index in [1.807, 2.05) is 0 Å². The van der Waals surface area contributed by atoms with Crippen molar-refractivity contribution in [3.8, 4) is 5.75 Å². The van der Waals surface area contributed by atoms with Crippen LogP contribution >= 0.6 is 0 Å². The van der Waals surface area contributed by atoms with Crippen molar-refractivity contribution in [2.45, 2.75) is 50.8 Å². The number of halogens is 3. The van der Waals surface area contributed by atoms with Crippen LogP contribution in [0.2, 0.25) is 0 Å². The first-order valence-corrected chi connectivity index (χ1v) is 11.6. The molecule has 1 aromatic heterocycles. The van der Waals surface area contributed by atoms with Crippen molar-refractivity contribution in [2.75, 3.05) is 14.2 Å². The summed E-state index contributed by atoms with van der Waals surface area (Å²) in [6.07, 6.45) is -5.68. The molecule has 0 aliphatic rings. The molecule has 0 saturated carbocycles. The molecule has 0 amide bonds. The molecule has 3 rings (SSSR count). The largest absolute Gasteiger partial charge is 0.487 e. The number of aromatic nitrogens is 2. The maximum absolute atomic E-state index is 13.1. The summed E-state index contributed by atoms with van der Waals surface area (Å²) in [7, 11) is 2.53. The Morgan fingerprint density at radius 3 is 2.24 bits per heavy atom. The number of carbonyl (C=O) groups is 2. The summed E-state index contributed by atoms with van der Waals surface area (Å²) in [4.78, 5) is 26.0. The normalized spacial score (nSPS) is 13.4. The third kappa shape index (κ3) is 6.91. The van der Waals surface area contributed by atoms with Crippen molar-refractivity contribution in [3.05, 3.63) is 83.7 Å². The van der Waals surface area contributed by atoms with Gasteiger partial charge in [-0.3, -0.25) is 4.68 Å². The highest BCUT2D eigenvalue weighted by Gasteiger charge is 2.44. The Balaban J connectivity index is 1.87. The zero-order chi connectivity index (χ0) is 27.9. The third-order valence-corrected chi connectivity index (χ3v) is 5.95. The average molecular weight is 535 g/mol. The Labute approximate surface area is 218 Å². The van der Waals surface area contributed by atoms with Gasteiger partial charge >= 0.3 is 18.1 Å². The zero-order valence-corrected chi connectivity index (χ0v) is 21.4. The highest BCUT2D eigenvalue weighted by Crippen LogP contribution is 2.37. The molecule has 204 valence electrons. The van der Waals surface area contributed by atoms with E-state index in [1.165, 1.54) is 26.5 Å². The number of hydrogen-bond donors (Lipinski definition) is 0. The van der Waals surface area contributed by atoms with Gasteiger partial charge in [-0.05, 0) is 17.7 Å². The average Bonchev–Trinajstić information content (AvgIpc) is 3.31. The fourth-order valence-corrected chi connectivity index (χ4v) is 3.98. The van der Waals surface area contributed by atoms with E-state index in [-0.39, 0.29) is 18.1 Å². The van der Waals surface area contributed by atoms with Crippen LogP contribution in [0.5, 0.6) is 5.75 Å². The molecular weight excluding hydrogens is 505 g/mol. The summed E-state index contributed by atoms with van der Waals surface area (Å²) >= 11 is 0. The summed E-state index contributed by atoms with van der Waals surface area (Å²) in [5.74, 6) is -1.31. The number of esters is 2. The predicted octanol–water partition coefficient (Wildman–Crippen LogP) is 4.77. The second-order valence-corrected chi connectivity index (χ2v) is 8.97. The van der Waals surface area contributed by atoms with Crippen LogP contribution < -0.4 is 4.74 Å². The number of para-hydroxylation sites is 1. The molecular formula is C27H29F3N2O6. The van der Waals surface area contributed by atoms with Gasteiger partial charge in [0, 0.05) is 24.3 Å². The summed E-state index contributed by atoms with van der Waals surface area (Å²) in [6.45, 7) is 1.87. The number of carbonyl (C=O) groups excluding carboxylic acids is 2. The maximum atomic E-state index is 13.1. The maximum Gasteiger partial charge on any atom is 0.408 e. The molecule has 0 aliphatic carbocycles. The van der Waals surface area contributed by atoms with Gasteiger partial charge in [-0.2, -0.15) is 18.3 Å². The van der Waals surface area contributed by atoms with E-state index in [0.29, 0.717) is 11.1 Å². The molecule has 0 saturated heterocycles. The minimum Gasteiger partial charge on any atom is -0.487 e. The van der Waals surface area contributed by atoms with Crippen molar-refractivity contribution in [2.24, 2.45) is 0 Å². The number of alkyl halides is 3. The molecule has 0 bridgehead atoms. The van der Waals surface area contributed by atoms with E-state index in [4.69, 9.17) is 18.9 Å². The molecule has 0 aliphatic heterocycles. The summed E-state index contributed by atoms with van der Waals surface area (Å²) in [5, 5.41) is 3.72. The van der Waals surface area contributed by atoms with E-state index < -0.39 is 42.3 Å². The van der Waals surface area contributed by atoms with Gasteiger partial charge in [-0.15, -0.1) is 0 Å². The molecule has 2 aromatic carbocycles. The molecule has 11 heteroatoms. The highest BCUT2D eigenvalue weighted by atomic mass is 19.4. The van der Waals surface area contributed by atoms with Crippen LogP contribution in [0.25, 0.3) is 0 Å². The Bertz CT molecular complexity index is 1230. The smallest absolute Gasteiger partial charge is 0.408 e. The molecule has 2 atom stereocenters. The number of ether oxygens (including phenoxy) is 4. The lowest BCUT2D eigenvalue weighted by atomic mass is 9.78. The first-order chi connectivity index (χ1) is 18.0. The van der Waals surface area contributed by atoms with Gasteiger partial charge in [0.15, 0.2) is 6.10 Å². The van der Waals surface area contributed by atoms with Gasteiger partial charge in [-0.1, -0.05) is 62.4 Å². The monoisotopic (exact) mass is 534 g/mol. The van der Waals surface area contributed by atoms with Gasteiger partial charge in [0.05, 0.1) is 12.8 Å². The van der Waals surface area contributed by atoms with Gasteiger partial charge in [-0.25, -0.2) is 9.59 Å². The lowest BCUT2D eigenvalue weighted by Crippen LogP contribution is -2.45. The molecule has 0 N–H and O–H groups in total. The fraction of sp³-hybridized carbons (Fsp3) is 0.370. The van der Waals surface area contributed by atoms with Gasteiger partial charge in [0.2, 0.25) is 6.10 Å². The molecule has 0 radical (unpaired) electrons. The van der Waals surface area contributed by atoms with E-state index in [0.717, 1.165) is 4.68 Å². The Hall–Kier alpha value is -3.86. The Morgan fingerprint density at radius 1 is 0.947 bits per heavy atom. The minimum atomic E-state index is -4.45. The first kappa shape index (κ1) is 28.7. The number of nitrogens with zero attached hydrogens (tertiary/aromatic N) is 2. The SMILES string of the molecule is COC(=O)C(OC(=O)C(OC)c1ccccc1)C(C)(C)c1ccccc1OCc1ccnn1CC(F)(F)F. The standard InChI is InChI=1S/C27H29F3N2O6/c1-26(2,23(25(34)36-4)38-24(33)22(35-3)18-10-6-5-7-11-18)20-12-8-9-13-21(20)37-16-19-14-15-31-32(19)17-27(28,29)30/h5-15,22-23H,16-17H2,1-4H3. The molecule has 0 spiro atoms. The molecule has 8 nitrogen and oxygen atoms in total. The Kier molecular flexibility index (Phi) is 9.16. The van der Waals surface area contributed by atoms with Crippen molar-refractivity contribution in [3.63, 3.8) is 0 Å². The highest BCUT2D eigenvalue weighted by molar-refractivity contribution is 5.83. The molecule has 0 fully saturated rings. The molecule has 3 aromatic rings. The molecule has 2 unspecified atom stereocenters. The van der Waals surface area contributed by atoms with E-state index in [1.54, 1.807) is 68.4 Å². The van der Waals surface area contributed by atoms with Crippen molar-refractivity contribution in [1.82, 2.24) is 9.78 Å². The first-order valence-electron chi connectivity index (χ1n) is 11.6. The second kappa shape index (κ2) is 12.1. The summed E-state index contributed by atoms with van der Waals surface area (Å²) in [6, 6.07) is 16.8. The van der Waals surface area contributed by atoms with E-state index in [9.17, 15) is 22.8 Å². The number of benzene rings is 2. The van der Waals surface area contributed by atoms with Crippen LogP contribution in [-0.2, 0) is 42.4 Å². The minimum absolute atomic E-state index is 0.205. The number of methoxy groups -OCH3 is 2. The molecule has 1 heterocycles. The molecule has 38 heavy (non-hydrogen) atoms. The zero-order valence-electron chi connectivity index (χ0n) is 21.4. The van der Waals surface area contributed by atoms with Crippen LogP contribution in [0.15, 0.2) is 66.9 Å². The van der Waals surface area contributed by atoms with Crippen LogP contribution in [0.4, 0.5) is 13.2 Å². The predicted molar refractivity (Wildman–Crippen MR) is 130 cm³/mol. The van der Waals surface area contributed by atoms with Crippen LogP contribution in [0.3, 0.4) is 0 Å². The van der Waals surface area contributed by atoms with Gasteiger partial charge in [0.25, 0.3) is 0 Å². The quantitative estimate of drug-likeness (QED) is 0.327. The van der Waals surface area contributed by atoms with Gasteiger partial charge in [0.1, 0.15) is 18.9 Å². The summed E-state index contributed by atoms with van der Waals surface area (Å²) in [5.41, 5.74) is 0.0386. The van der Waals surface area contributed by atoms with E-state index >= 15 is 0 Å². The van der Waals surface area contributed by atoms with E-state index in [2.05, 4.69) is 5.10 Å². The van der Waals surface area contributed by atoms with Crippen molar-refractivity contribution in [1.29, 1.82) is 0 Å². The Morgan fingerprint density at radius 2 is 1.61 bits per heavy atom. The number of hydrogen-bond acceptors (Lipinski definition) is 7.